The fraction of sp³-hybridized carbons (Fsp3) is 0.250. The molecule has 0 radical (unpaired) electrons. The number of likely N-dealkylation sites (N-methyl/N-ethyl adjacent to an activating group) is 1. The summed E-state index contributed by atoms with van der Waals surface area (Å²) >= 11 is 0. The molecule has 1 heterocycles. The molecule has 1 amide bonds. The number of para-hydroxylation sites is 1. The van der Waals surface area contributed by atoms with Crippen LogP contribution < -0.4 is 0 Å². The van der Waals surface area contributed by atoms with Gasteiger partial charge in [0.05, 0.1) is 6.42 Å². The van der Waals surface area contributed by atoms with E-state index in [-0.39, 0.29) is 5.91 Å². The molecule has 0 N–H and O–H groups in total. The second-order valence-electron chi connectivity index (χ2n) is 6.05. The zero-order chi connectivity index (χ0) is 16.4. The predicted molar refractivity (Wildman–Crippen MR) is 94.3 cm³/mol. The molecule has 0 aliphatic rings. The topological polar surface area (TPSA) is 25.2 Å². The van der Waals surface area contributed by atoms with Crippen molar-refractivity contribution in [3.63, 3.8) is 0 Å². The zero-order valence-electron chi connectivity index (χ0n) is 13.9. The molecule has 0 saturated heterocycles. The first-order chi connectivity index (χ1) is 11.1. The van der Waals surface area contributed by atoms with Crippen molar-refractivity contribution in [3.8, 4) is 0 Å². The summed E-state index contributed by atoms with van der Waals surface area (Å²) in [6.07, 6.45) is 0.441. The molecule has 0 aliphatic carbocycles. The molecule has 0 fully saturated rings. The highest BCUT2D eigenvalue weighted by molar-refractivity contribution is 5.90. The average molecular weight is 306 g/mol. The summed E-state index contributed by atoms with van der Waals surface area (Å²) in [4.78, 5) is 14.4. The maximum absolute atomic E-state index is 12.6. The van der Waals surface area contributed by atoms with Gasteiger partial charge in [-0.3, -0.25) is 4.79 Å². The first-order valence-corrected chi connectivity index (χ1v) is 7.88. The Hall–Kier alpha value is -2.55. The molecule has 23 heavy (non-hydrogen) atoms. The van der Waals surface area contributed by atoms with E-state index in [0.717, 1.165) is 16.8 Å². The van der Waals surface area contributed by atoms with Crippen LogP contribution in [0.5, 0.6) is 0 Å². The van der Waals surface area contributed by atoms with E-state index in [2.05, 4.69) is 30.7 Å². The van der Waals surface area contributed by atoms with Gasteiger partial charge in [-0.1, -0.05) is 48.5 Å². The number of hydrogen-bond donors (Lipinski definition) is 0. The molecule has 0 bridgehead atoms. The summed E-state index contributed by atoms with van der Waals surface area (Å²) < 4.78 is 2.16. The van der Waals surface area contributed by atoms with Gasteiger partial charge in [0.1, 0.15) is 0 Å². The first kappa shape index (κ1) is 15.3. The second-order valence-corrected chi connectivity index (χ2v) is 6.05. The van der Waals surface area contributed by atoms with Crippen LogP contribution in [0.3, 0.4) is 0 Å². The molecule has 0 atom stereocenters. The Bertz CT molecular complexity index is 833. The molecule has 0 aliphatic heterocycles. The van der Waals surface area contributed by atoms with Gasteiger partial charge in [-0.2, -0.15) is 0 Å². The van der Waals surface area contributed by atoms with Gasteiger partial charge < -0.3 is 9.47 Å². The highest BCUT2D eigenvalue weighted by Gasteiger charge is 2.17. The first-order valence-electron chi connectivity index (χ1n) is 7.88. The number of carbonyl (C=O) groups excluding carboxylic acids is 1. The Morgan fingerprint density at radius 2 is 1.70 bits per heavy atom. The van der Waals surface area contributed by atoms with Crippen molar-refractivity contribution in [3.05, 3.63) is 71.4 Å². The van der Waals surface area contributed by atoms with Gasteiger partial charge in [0, 0.05) is 37.2 Å². The number of fused-ring (bicyclic) bond motifs is 1. The lowest BCUT2D eigenvalue weighted by atomic mass is 10.1. The van der Waals surface area contributed by atoms with Gasteiger partial charge in [0.2, 0.25) is 5.91 Å². The van der Waals surface area contributed by atoms with E-state index in [0.29, 0.717) is 13.0 Å². The smallest absolute Gasteiger partial charge is 0.227 e. The predicted octanol–water partition coefficient (Wildman–Crippen LogP) is 3.69. The van der Waals surface area contributed by atoms with E-state index in [1.807, 2.05) is 49.5 Å². The lowest BCUT2D eigenvalue weighted by Gasteiger charge is -2.17. The van der Waals surface area contributed by atoms with Crippen molar-refractivity contribution in [1.29, 1.82) is 0 Å². The van der Waals surface area contributed by atoms with Crippen molar-refractivity contribution in [2.45, 2.75) is 19.9 Å². The fourth-order valence-corrected chi connectivity index (χ4v) is 3.05. The van der Waals surface area contributed by atoms with E-state index in [4.69, 9.17) is 0 Å². The minimum atomic E-state index is 0.147. The van der Waals surface area contributed by atoms with Crippen LogP contribution in [0.1, 0.15) is 16.8 Å². The van der Waals surface area contributed by atoms with E-state index < -0.39 is 0 Å². The average Bonchev–Trinajstić information content (AvgIpc) is 2.81. The second kappa shape index (κ2) is 6.29. The summed E-state index contributed by atoms with van der Waals surface area (Å²) in [6, 6.07) is 18.4. The minimum Gasteiger partial charge on any atom is -0.348 e. The van der Waals surface area contributed by atoms with Gasteiger partial charge in [-0.15, -0.1) is 0 Å². The van der Waals surface area contributed by atoms with Gasteiger partial charge in [-0.25, -0.2) is 0 Å². The van der Waals surface area contributed by atoms with Crippen molar-refractivity contribution in [1.82, 2.24) is 9.47 Å². The van der Waals surface area contributed by atoms with Crippen LogP contribution in [-0.4, -0.2) is 22.4 Å². The number of aromatic nitrogens is 1. The molecule has 1 aromatic heterocycles. The molecule has 0 unspecified atom stereocenters. The van der Waals surface area contributed by atoms with Crippen LogP contribution in [0.4, 0.5) is 0 Å². The highest BCUT2D eigenvalue weighted by Crippen LogP contribution is 2.25. The van der Waals surface area contributed by atoms with Crippen LogP contribution in [0, 0.1) is 6.92 Å². The summed E-state index contributed by atoms with van der Waals surface area (Å²) in [6.45, 7) is 2.73. The van der Waals surface area contributed by atoms with Crippen LogP contribution in [0.15, 0.2) is 54.6 Å². The molecule has 3 heteroatoms. The Kier molecular flexibility index (Phi) is 4.20. The van der Waals surface area contributed by atoms with E-state index in [1.54, 1.807) is 4.90 Å². The molecular formula is C20H22N2O. The zero-order valence-corrected chi connectivity index (χ0v) is 13.9. The molecular weight excluding hydrogens is 284 g/mol. The number of amides is 1. The minimum absolute atomic E-state index is 0.147. The third-order valence-electron chi connectivity index (χ3n) is 4.55. The van der Waals surface area contributed by atoms with Crippen molar-refractivity contribution >= 4 is 16.8 Å². The quantitative estimate of drug-likeness (QED) is 0.721. The number of benzene rings is 2. The Labute approximate surface area is 137 Å². The molecule has 2 aromatic carbocycles. The standard InChI is InChI=1S/C20H22N2O/c1-15-18(17-11-7-8-12-19(17)22(15)3)13-20(23)21(2)14-16-9-5-4-6-10-16/h4-12H,13-14H2,1-3H3. The van der Waals surface area contributed by atoms with Crippen molar-refractivity contribution in [2.75, 3.05) is 7.05 Å². The van der Waals surface area contributed by atoms with E-state index >= 15 is 0 Å². The summed E-state index contributed by atoms with van der Waals surface area (Å²) in [5.41, 5.74) is 4.62. The summed E-state index contributed by atoms with van der Waals surface area (Å²) in [5, 5.41) is 1.17. The van der Waals surface area contributed by atoms with Crippen LogP contribution in [-0.2, 0) is 24.8 Å². The number of hydrogen-bond acceptors (Lipinski definition) is 1. The number of aryl methyl sites for hydroxylation is 1. The van der Waals surface area contributed by atoms with Crippen molar-refractivity contribution in [2.24, 2.45) is 7.05 Å². The van der Waals surface area contributed by atoms with Crippen LogP contribution in [0.2, 0.25) is 0 Å². The van der Waals surface area contributed by atoms with Gasteiger partial charge in [0.25, 0.3) is 0 Å². The SMILES string of the molecule is Cc1c(CC(=O)N(C)Cc2ccccc2)c2ccccc2n1C. The van der Waals surface area contributed by atoms with Gasteiger partial charge in [0.15, 0.2) is 0 Å². The number of carbonyl (C=O) groups is 1. The Balaban J connectivity index is 1.82. The maximum Gasteiger partial charge on any atom is 0.227 e. The lowest BCUT2D eigenvalue weighted by molar-refractivity contribution is -0.129. The molecule has 3 rings (SSSR count). The Morgan fingerprint density at radius 3 is 2.43 bits per heavy atom. The molecule has 3 aromatic rings. The molecule has 118 valence electrons. The molecule has 0 saturated carbocycles. The van der Waals surface area contributed by atoms with E-state index in [1.165, 1.54) is 10.9 Å². The summed E-state index contributed by atoms with van der Waals surface area (Å²) in [5.74, 6) is 0.147. The van der Waals surface area contributed by atoms with Crippen LogP contribution in [0.25, 0.3) is 10.9 Å². The third-order valence-corrected chi connectivity index (χ3v) is 4.55. The van der Waals surface area contributed by atoms with E-state index in [9.17, 15) is 4.79 Å². The normalized spacial score (nSPS) is 10.9. The van der Waals surface area contributed by atoms with Gasteiger partial charge >= 0.3 is 0 Å². The van der Waals surface area contributed by atoms with Gasteiger partial charge in [-0.05, 0) is 24.1 Å². The lowest BCUT2D eigenvalue weighted by Crippen LogP contribution is -2.27. The number of rotatable bonds is 4. The monoisotopic (exact) mass is 306 g/mol. The van der Waals surface area contributed by atoms with Crippen LogP contribution >= 0.6 is 0 Å². The highest BCUT2D eigenvalue weighted by atomic mass is 16.2. The fourth-order valence-electron chi connectivity index (χ4n) is 3.05. The molecule has 3 nitrogen and oxygen atoms in total. The maximum atomic E-state index is 12.6. The Morgan fingerprint density at radius 1 is 1.04 bits per heavy atom. The number of nitrogens with zero attached hydrogens (tertiary/aromatic N) is 2. The largest absolute Gasteiger partial charge is 0.348 e. The third kappa shape index (κ3) is 3.00. The molecule has 0 spiro atoms. The van der Waals surface area contributed by atoms with Crippen molar-refractivity contribution < 1.29 is 4.79 Å². The summed E-state index contributed by atoms with van der Waals surface area (Å²) in [7, 11) is 3.93.